The van der Waals surface area contributed by atoms with E-state index < -0.39 is 0 Å². The predicted molar refractivity (Wildman–Crippen MR) is 112 cm³/mol. The molecule has 12 heteroatoms. The number of aryl methyl sites for hydroxylation is 1. The Balaban J connectivity index is 0.000000419. The van der Waals surface area contributed by atoms with Crippen LogP contribution in [0.1, 0.15) is 51.6 Å². The van der Waals surface area contributed by atoms with Crippen LogP contribution >= 0.6 is 58.0 Å². The van der Waals surface area contributed by atoms with Gasteiger partial charge >= 0.3 is 0 Å². The van der Waals surface area contributed by atoms with E-state index in [4.69, 9.17) is 63.7 Å². The van der Waals surface area contributed by atoms with Crippen molar-refractivity contribution in [1.82, 2.24) is 30.4 Å². The number of halogens is 5. The first-order valence-corrected chi connectivity index (χ1v) is 10.2. The summed E-state index contributed by atoms with van der Waals surface area (Å²) in [5.41, 5.74) is 5.88. The molecule has 0 aliphatic heterocycles. The smallest absolute Gasteiger partial charge is 0.244 e. The van der Waals surface area contributed by atoms with Crippen molar-refractivity contribution in [2.75, 3.05) is 6.54 Å². The lowest BCUT2D eigenvalue weighted by molar-refractivity contribution is 0.700. The number of rotatable bonds is 6. The van der Waals surface area contributed by atoms with E-state index in [1.54, 1.807) is 0 Å². The van der Waals surface area contributed by atoms with Gasteiger partial charge in [-0.25, -0.2) is 9.97 Å². The summed E-state index contributed by atoms with van der Waals surface area (Å²) < 4.78 is 0. The molecule has 0 saturated carbocycles. The molecule has 0 aliphatic rings. The summed E-state index contributed by atoms with van der Waals surface area (Å²) in [6.45, 7) is 5.12. The van der Waals surface area contributed by atoms with E-state index in [0.29, 0.717) is 5.15 Å². The lowest BCUT2D eigenvalue weighted by Gasteiger charge is -2.00. The largest absolute Gasteiger partial charge is 0.330 e. The topological polar surface area (TPSA) is 103 Å². The van der Waals surface area contributed by atoms with Crippen LogP contribution in [0.2, 0.25) is 26.0 Å². The lowest BCUT2D eigenvalue weighted by Crippen LogP contribution is -1.97. The minimum absolute atomic E-state index is 0.00981. The Morgan fingerprint density at radius 1 is 0.667 bits per heavy atom. The molecule has 0 aromatic carbocycles. The van der Waals surface area contributed by atoms with Gasteiger partial charge < -0.3 is 5.73 Å². The van der Waals surface area contributed by atoms with Crippen LogP contribution in [0.5, 0.6) is 0 Å². The summed E-state index contributed by atoms with van der Waals surface area (Å²) in [6.07, 6.45) is 6.60. The first kappa shape index (κ1) is 26.4. The highest BCUT2D eigenvalue weighted by Crippen LogP contribution is 2.15. The molecule has 7 nitrogen and oxygen atoms in total. The fraction of sp³-hybridized carbons (Fsp3) is 0.600. The molecular formula is C15H22Cl5N7. The maximum absolute atomic E-state index is 5.78. The normalized spacial score (nSPS) is 9.78. The Bertz CT molecular complexity index is 658. The van der Waals surface area contributed by atoms with Crippen molar-refractivity contribution in [1.29, 1.82) is 0 Å². The van der Waals surface area contributed by atoms with Crippen LogP contribution in [-0.2, 0) is 6.42 Å². The van der Waals surface area contributed by atoms with E-state index in [9.17, 15) is 0 Å². The highest BCUT2D eigenvalue weighted by molar-refractivity contribution is 6.40. The molecule has 0 radical (unpaired) electrons. The van der Waals surface area contributed by atoms with Gasteiger partial charge in [0, 0.05) is 0 Å². The molecule has 0 bridgehead atoms. The second-order valence-electron chi connectivity index (χ2n) is 5.08. The number of nitrogens with two attached hydrogens (primary N) is 1. The molecular weight excluding hydrogens is 455 g/mol. The van der Waals surface area contributed by atoms with Gasteiger partial charge in [0.25, 0.3) is 0 Å². The van der Waals surface area contributed by atoms with Crippen LogP contribution in [0.3, 0.4) is 0 Å². The number of hydrogen-bond donors (Lipinski definition) is 1. The first-order chi connectivity index (χ1) is 12.8. The number of unbranched alkanes of at least 4 members (excludes halogenated alkanes) is 3. The van der Waals surface area contributed by atoms with Gasteiger partial charge in [0.15, 0.2) is 15.5 Å². The molecule has 27 heavy (non-hydrogen) atoms. The average Bonchev–Trinajstić information content (AvgIpc) is 2.63. The van der Waals surface area contributed by atoms with Crippen LogP contribution in [0.15, 0.2) is 0 Å². The summed E-state index contributed by atoms with van der Waals surface area (Å²) in [6, 6.07) is 0. The average molecular weight is 478 g/mol. The third kappa shape index (κ3) is 13.3. The zero-order chi connectivity index (χ0) is 20.7. The van der Waals surface area contributed by atoms with Gasteiger partial charge in [0.05, 0.1) is 5.69 Å². The Hall–Kier alpha value is -0.570. The molecule has 2 aromatic rings. The van der Waals surface area contributed by atoms with E-state index in [0.717, 1.165) is 31.5 Å². The first-order valence-electron chi connectivity index (χ1n) is 8.31. The monoisotopic (exact) mass is 475 g/mol. The minimum atomic E-state index is -0.00981. The lowest BCUT2D eigenvalue weighted by atomic mass is 10.2. The molecule has 2 rings (SSSR count). The van der Waals surface area contributed by atoms with Crippen molar-refractivity contribution < 1.29 is 0 Å². The maximum Gasteiger partial charge on any atom is 0.244 e. The van der Waals surface area contributed by atoms with E-state index in [1.807, 2.05) is 0 Å². The van der Waals surface area contributed by atoms with E-state index >= 15 is 0 Å². The summed E-state index contributed by atoms with van der Waals surface area (Å²) in [5, 5.41) is 14.6. The van der Waals surface area contributed by atoms with E-state index in [2.05, 4.69) is 44.2 Å². The number of nitrogens with zero attached hydrogens (tertiary/aromatic N) is 6. The zero-order valence-corrected chi connectivity index (χ0v) is 18.9. The molecule has 2 aromatic heterocycles. The molecule has 0 spiro atoms. The predicted octanol–water partition coefficient (Wildman–Crippen LogP) is 5.49. The van der Waals surface area contributed by atoms with Gasteiger partial charge in [0.1, 0.15) is 0 Å². The van der Waals surface area contributed by atoms with Crippen molar-refractivity contribution in [3.63, 3.8) is 0 Å². The van der Waals surface area contributed by atoms with Gasteiger partial charge in [0.2, 0.25) is 10.6 Å². The molecule has 2 N–H and O–H groups in total. The molecule has 0 unspecified atom stereocenters. The van der Waals surface area contributed by atoms with Gasteiger partial charge in [-0.3, -0.25) is 0 Å². The van der Waals surface area contributed by atoms with Crippen molar-refractivity contribution in [2.45, 2.75) is 52.4 Å². The van der Waals surface area contributed by atoms with Crippen LogP contribution in [-0.4, -0.2) is 36.9 Å². The minimum Gasteiger partial charge on any atom is -0.330 e. The molecule has 2 heterocycles. The Labute approximate surface area is 184 Å². The Morgan fingerprint density at radius 2 is 1.22 bits per heavy atom. The zero-order valence-electron chi connectivity index (χ0n) is 15.1. The van der Waals surface area contributed by atoms with Crippen molar-refractivity contribution in [2.24, 2.45) is 5.73 Å². The molecule has 0 amide bonds. The standard InChI is InChI=1S/C8H11Cl2N3.C4H11N.C3Cl3N3/c1-2-3-4-5-6-7(9)12-13-8(10)11-6;1-2-3-4-5;4-1-2(5)8-9-3(6)7-1/h2-5H2,1H3;2-5H2,1H3;. The fourth-order valence-corrected chi connectivity index (χ4v) is 2.18. The quantitative estimate of drug-likeness (QED) is 0.549. The number of hydrogen-bond acceptors (Lipinski definition) is 7. The third-order valence-electron chi connectivity index (χ3n) is 2.84. The van der Waals surface area contributed by atoms with Crippen LogP contribution < -0.4 is 5.73 Å². The molecule has 152 valence electrons. The second-order valence-corrected chi connectivity index (χ2v) is 6.83. The van der Waals surface area contributed by atoms with Gasteiger partial charge in [-0.05, 0) is 49.0 Å². The summed E-state index contributed by atoms with van der Waals surface area (Å²) >= 11 is 27.4. The summed E-state index contributed by atoms with van der Waals surface area (Å²) in [4.78, 5) is 7.50. The fourth-order valence-electron chi connectivity index (χ4n) is 1.50. The van der Waals surface area contributed by atoms with E-state index in [-0.39, 0.29) is 20.9 Å². The SMILES string of the molecule is CCCCCc1nc(Cl)nnc1Cl.CCCCN.Clc1nnc(Cl)c(Cl)n1. The summed E-state index contributed by atoms with van der Waals surface area (Å²) in [5.74, 6) is 0. The van der Waals surface area contributed by atoms with Crippen molar-refractivity contribution in [3.8, 4) is 0 Å². The maximum atomic E-state index is 5.78. The second kappa shape index (κ2) is 16.4. The van der Waals surface area contributed by atoms with Crippen LogP contribution in [0, 0.1) is 0 Å². The highest BCUT2D eigenvalue weighted by Gasteiger charge is 2.05. The van der Waals surface area contributed by atoms with Crippen molar-refractivity contribution >= 4 is 58.0 Å². The van der Waals surface area contributed by atoms with Crippen LogP contribution in [0.25, 0.3) is 0 Å². The molecule has 0 atom stereocenters. The van der Waals surface area contributed by atoms with Gasteiger partial charge in [-0.1, -0.05) is 67.9 Å². The molecule has 0 fully saturated rings. The third-order valence-corrected chi connectivity index (χ3v) is 4.07. The van der Waals surface area contributed by atoms with Crippen molar-refractivity contribution in [3.05, 3.63) is 31.7 Å². The molecule has 0 saturated heterocycles. The van der Waals surface area contributed by atoms with Crippen LogP contribution in [0.4, 0.5) is 0 Å². The highest BCUT2D eigenvalue weighted by atomic mass is 35.5. The number of aromatic nitrogens is 6. The van der Waals surface area contributed by atoms with E-state index in [1.165, 1.54) is 19.3 Å². The Kier molecular flexibility index (Phi) is 16.0. The summed E-state index contributed by atoms with van der Waals surface area (Å²) in [7, 11) is 0. The molecule has 0 aliphatic carbocycles. The van der Waals surface area contributed by atoms with Gasteiger partial charge in [-0.15, -0.1) is 20.4 Å². The Morgan fingerprint density at radius 3 is 1.67 bits per heavy atom. The van der Waals surface area contributed by atoms with Gasteiger partial charge in [-0.2, -0.15) is 0 Å².